The van der Waals surface area contributed by atoms with Gasteiger partial charge in [-0.1, -0.05) is 35.9 Å². The summed E-state index contributed by atoms with van der Waals surface area (Å²) in [6, 6.07) is 12.6. The third-order valence-electron chi connectivity index (χ3n) is 5.87. The van der Waals surface area contributed by atoms with E-state index >= 15 is 0 Å². The minimum atomic E-state index is -0.664. The molecule has 1 saturated heterocycles. The Balaban J connectivity index is 1.87. The van der Waals surface area contributed by atoms with Crippen LogP contribution in [0.2, 0.25) is 0 Å². The lowest BCUT2D eigenvalue weighted by molar-refractivity contribution is -0.139. The average molecular weight is 433 g/mol. The first-order chi connectivity index (χ1) is 15.3. The largest absolute Gasteiger partial charge is 0.505 e. The fourth-order valence-electron chi connectivity index (χ4n) is 4.29. The highest BCUT2D eigenvalue weighted by molar-refractivity contribution is 6.46. The van der Waals surface area contributed by atoms with Crippen LogP contribution in [0.3, 0.4) is 0 Å². The van der Waals surface area contributed by atoms with Gasteiger partial charge in [0.1, 0.15) is 11.3 Å². The molecule has 1 unspecified atom stereocenters. The molecule has 32 heavy (non-hydrogen) atoms. The van der Waals surface area contributed by atoms with Crippen molar-refractivity contribution in [2.24, 2.45) is 0 Å². The summed E-state index contributed by atoms with van der Waals surface area (Å²) < 4.78 is 1.75. The van der Waals surface area contributed by atoms with E-state index in [0.29, 0.717) is 23.6 Å². The summed E-state index contributed by atoms with van der Waals surface area (Å²) in [5.41, 5.74) is 3.68. The van der Waals surface area contributed by atoms with E-state index in [0.717, 1.165) is 24.1 Å². The van der Waals surface area contributed by atoms with E-state index in [1.54, 1.807) is 22.4 Å². The molecule has 7 heteroatoms. The maximum Gasteiger partial charge on any atom is 0.295 e. The van der Waals surface area contributed by atoms with E-state index in [1.165, 1.54) is 0 Å². The van der Waals surface area contributed by atoms with Gasteiger partial charge < -0.3 is 14.9 Å². The first-order valence-electron chi connectivity index (χ1n) is 10.7. The Bertz CT molecular complexity index is 1210. The lowest BCUT2D eigenvalue weighted by Crippen LogP contribution is -2.32. The van der Waals surface area contributed by atoms with Crippen molar-refractivity contribution in [1.82, 2.24) is 19.2 Å². The summed E-state index contributed by atoms with van der Waals surface area (Å²) in [4.78, 5) is 34.4. The monoisotopic (exact) mass is 432 g/mol. The van der Waals surface area contributed by atoms with Crippen molar-refractivity contribution in [3.05, 3.63) is 76.7 Å². The van der Waals surface area contributed by atoms with E-state index in [9.17, 15) is 14.7 Å². The molecule has 7 nitrogen and oxygen atoms in total. The van der Waals surface area contributed by atoms with Gasteiger partial charge in [0.2, 0.25) is 0 Å². The fraction of sp³-hybridized carbons (Fsp3) is 0.320. The second-order valence-corrected chi connectivity index (χ2v) is 8.53. The molecule has 3 heterocycles. The molecule has 1 aromatic carbocycles. The van der Waals surface area contributed by atoms with Crippen LogP contribution in [0.25, 0.3) is 11.4 Å². The third kappa shape index (κ3) is 3.80. The average Bonchev–Trinajstić information content (AvgIpc) is 3.22. The van der Waals surface area contributed by atoms with E-state index in [2.05, 4.69) is 4.98 Å². The number of imidazole rings is 1. The van der Waals surface area contributed by atoms with Crippen LogP contribution < -0.4 is 0 Å². The summed E-state index contributed by atoms with van der Waals surface area (Å²) in [6.45, 7) is 4.98. The second-order valence-electron chi connectivity index (χ2n) is 8.53. The van der Waals surface area contributed by atoms with Gasteiger partial charge in [0.15, 0.2) is 5.76 Å². The maximum absolute atomic E-state index is 13.2. The van der Waals surface area contributed by atoms with Crippen LogP contribution in [-0.2, 0) is 9.59 Å². The quantitative estimate of drug-likeness (QED) is 0.367. The second kappa shape index (κ2) is 8.59. The number of rotatable bonds is 6. The molecule has 4 rings (SSSR count). The molecular formula is C25H28N4O3. The van der Waals surface area contributed by atoms with Crippen molar-refractivity contribution >= 4 is 23.1 Å². The fourth-order valence-corrected chi connectivity index (χ4v) is 4.29. The van der Waals surface area contributed by atoms with Gasteiger partial charge in [-0.2, -0.15) is 0 Å². The number of ketones is 1. The highest BCUT2D eigenvalue weighted by atomic mass is 16.3. The van der Waals surface area contributed by atoms with Crippen LogP contribution in [0.5, 0.6) is 0 Å². The maximum atomic E-state index is 13.2. The number of hydrogen-bond donors (Lipinski definition) is 1. The number of aliphatic hydroxyl groups is 1. The Morgan fingerprint density at radius 2 is 1.81 bits per heavy atom. The number of hydrogen-bond acceptors (Lipinski definition) is 5. The van der Waals surface area contributed by atoms with Gasteiger partial charge >= 0.3 is 0 Å². The molecule has 1 fully saturated rings. The summed E-state index contributed by atoms with van der Waals surface area (Å²) in [5.74, 6) is -1.44. The zero-order valence-electron chi connectivity index (χ0n) is 18.9. The summed E-state index contributed by atoms with van der Waals surface area (Å²) in [5, 5.41) is 11.4. The molecule has 1 aliphatic rings. The summed E-state index contributed by atoms with van der Waals surface area (Å²) >= 11 is 0. The van der Waals surface area contributed by atoms with Crippen molar-refractivity contribution in [3.8, 4) is 0 Å². The summed E-state index contributed by atoms with van der Waals surface area (Å²) in [7, 11) is 3.94. The number of Topliss-reactive ketones (excluding diaryl/α,β-unsaturated/α-hetero) is 1. The van der Waals surface area contributed by atoms with Crippen molar-refractivity contribution in [2.45, 2.75) is 26.3 Å². The van der Waals surface area contributed by atoms with Crippen molar-refractivity contribution in [2.75, 3.05) is 27.2 Å². The topological polar surface area (TPSA) is 78.1 Å². The molecular weight excluding hydrogens is 404 g/mol. The molecule has 1 N–H and O–H groups in total. The van der Waals surface area contributed by atoms with Crippen LogP contribution in [0.15, 0.2) is 54.2 Å². The van der Waals surface area contributed by atoms with Crippen LogP contribution in [0, 0.1) is 13.8 Å². The standard InChI is InChI=1S/C25H28N4O3/c1-16-9-11-18(12-10-16)22-20(24(31)25(32)29(22)15-7-13-27(3)4)23(30)21-17(2)26-19-8-5-6-14-28(19)21/h5-6,8-12,14,22,30H,7,13,15H2,1-4H3/b23-20+. The highest BCUT2D eigenvalue weighted by Gasteiger charge is 2.46. The number of aliphatic hydroxyl groups excluding tert-OH is 1. The lowest BCUT2D eigenvalue weighted by atomic mass is 9.95. The number of pyridine rings is 1. The van der Waals surface area contributed by atoms with E-state index in [4.69, 9.17) is 0 Å². The number of fused-ring (bicyclic) bond motifs is 1. The van der Waals surface area contributed by atoms with Gasteiger partial charge in [-0.05, 0) is 58.6 Å². The highest BCUT2D eigenvalue weighted by Crippen LogP contribution is 2.40. The number of carbonyl (C=O) groups excluding carboxylic acids is 2. The predicted octanol–water partition coefficient (Wildman–Crippen LogP) is 3.32. The third-order valence-corrected chi connectivity index (χ3v) is 5.87. The first kappa shape index (κ1) is 21.8. The first-order valence-corrected chi connectivity index (χ1v) is 10.7. The summed E-state index contributed by atoms with van der Waals surface area (Å²) in [6.07, 6.45) is 2.51. The Morgan fingerprint density at radius 3 is 2.50 bits per heavy atom. The molecule has 0 spiro atoms. The van der Waals surface area contributed by atoms with E-state index in [-0.39, 0.29) is 11.3 Å². The van der Waals surface area contributed by atoms with E-state index < -0.39 is 17.7 Å². The van der Waals surface area contributed by atoms with Crippen LogP contribution >= 0.6 is 0 Å². The Morgan fingerprint density at radius 1 is 1.09 bits per heavy atom. The molecule has 2 aromatic heterocycles. The molecule has 0 bridgehead atoms. The molecule has 0 saturated carbocycles. The smallest absolute Gasteiger partial charge is 0.295 e. The van der Waals surface area contributed by atoms with Crippen molar-refractivity contribution in [3.63, 3.8) is 0 Å². The molecule has 1 atom stereocenters. The minimum Gasteiger partial charge on any atom is -0.505 e. The van der Waals surface area contributed by atoms with Crippen LogP contribution in [0.1, 0.15) is 35.0 Å². The van der Waals surface area contributed by atoms with Gasteiger partial charge in [0.25, 0.3) is 11.7 Å². The van der Waals surface area contributed by atoms with Crippen molar-refractivity contribution < 1.29 is 14.7 Å². The van der Waals surface area contributed by atoms with Gasteiger partial charge in [-0.3, -0.25) is 14.0 Å². The zero-order chi connectivity index (χ0) is 23.0. The normalized spacial score (nSPS) is 18.3. The van der Waals surface area contributed by atoms with Crippen LogP contribution in [-0.4, -0.2) is 63.2 Å². The molecule has 1 aliphatic heterocycles. The lowest BCUT2D eigenvalue weighted by Gasteiger charge is -2.26. The minimum absolute atomic E-state index is 0.109. The number of nitrogens with zero attached hydrogens (tertiary/aromatic N) is 4. The van der Waals surface area contributed by atoms with Crippen molar-refractivity contribution in [1.29, 1.82) is 0 Å². The molecule has 1 amide bonds. The number of aromatic nitrogens is 2. The Labute approximate surface area is 187 Å². The number of benzene rings is 1. The molecule has 166 valence electrons. The Hall–Kier alpha value is -3.45. The zero-order valence-corrected chi connectivity index (χ0v) is 18.9. The number of amides is 1. The molecule has 0 aliphatic carbocycles. The van der Waals surface area contributed by atoms with E-state index in [1.807, 2.05) is 68.4 Å². The van der Waals surface area contributed by atoms with Gasteiger partial charge in [0.05, 0.1) is 17.3 Å². The van der Waals surface area contributed by atoms with Gasteiger partial charge in [-0.15, -0.1) is 0 Å². The van der Waals surface area contributed by atoms with Crippen LogP contribution in [0.4, 0.5) is 0 Å². The number of carbonyl (C=O) groups is 2. The predicted molar refractivity (Wildman–Crippen MR) is 123 cm³/mol. The number of likely N-dealkylation sites (tertiary alicyclic amines) is 1. The Kier molecular flexibility index (Phi) is 5.84. The van der Waals surface area contributed by atoms with Gasteiger partial charge in [0, 0.05) is 12.7 Å². The SMILES string of the molecule is Cc1ccc(C2/C(=C(\O)c3c(C)nc4ccccn34)C(=O)C(=O)N2CCCN(C)C)cc1. The molecule has 0 radical (unpaired) electrons. The molecule has 3 aromatic rings. The number of aryl methyl sites for hydroxylation is 2. The van der Waals surface area contributed by atoms with Gasteiger partial charge in [-0.25, -0.2) is 4.98 Å².